The van der Waals surface area contributed by atoms with Crippen LogP contribution in [-0.4, -0.2) is 34.6 Å². The fourth-order valence-corrected chi connectivity index (χ4v) is 3.33. The Kier molecular flexibility index (Phi) is 3.29. The molecular formula is C12H21NO2. The Hall–Kier alpha value is -0.570. The Balaban J connectivity index is 1.97. The van der Waals surface area contributed by atoms with E-state index in [0.29, 0.717) is 18.5 Å². The highest BCUT2D eigenvalue weighted by atomic mass is 16.4. The van der Waals surface area contributed by atoms with E-state index in [1.807, 2.05) is 0 Å². The van der Waals surface area contributed by atoms with Crippen LogP contribution in [0.2, 0.25) is 0 Å². The molecule has 1 saturated carbocycles. The molecule has 0 radical (unpaired) electrons. The predicted octanol–water partition coefficient (Wildman–Crippen LogP) is 2.11. The summed E-state index contributed by atoms with van der Waals surface area (Å²) >= 11 is 0. The van der Waals surface area contributed by atoms with Gasteiger partial charge < -0.3 is 5.11 Å². The monoisotopic (exact) mass is 211 g/mol. The third-order valence-electron chi connectivity index (χ3n) is 4.08. The minimum Gasteiger partial charge on any atom is -0.481 e. The second kappa shape index (κ2) is 4.52. The lowest BCUT2D eigenvalue weighted by atomic mass is 10.0. The molecule has 15 heavy (non-hydrogen) atoms. The van der Waals surface area contributed by atoms with Crippen molar-refractivity contribution in [1.82, 2.24) is 4.90 Å². The van der Waals surface area contributed by atoms with Crippen molar-refractivity contribution in [2.75, 3.05) is 6.54 Å². The Morgan fingerprint density at radius 2 is 2.13 bits per heavy atom. The first-order valence-electron chi connectivity index (χ1n) is 6.16. The van der Waals surface area contributed by atoms with Crippen LogP contribution in [0, 0.1) is 5.92 Å². The lowest BCUT2D eigenvalue weighted by Crippen LogP contribution is -2.41. The van der Waals surface area contributed by atoms with E-state index < -0.39 is 5.97 Å². The SMILES string of the molecule is CC1CCCC1N1CCCC1CC(=O)O. The molecule has 3 heteroatoms. The Morgan fingerprint density at radius 3 is 2.73 bits per heavy atom. The predicted molar refractivity (Wildman–Crippen MR) is 58.8 cm³/mol. The Labute approximate surface area is 91.5 Å². The third kappa shape index (κ3) is 2.33. The number of rotatable bonds is 3. The molecule has 0 aromatic rings. The number of carboxylic acids is 1. The summed E-state index contributed by atoms with van der Waals surface area (Å²) in [5, 5.41) is 8.87. The van der Waals surface area contributed by atoms with Gasteiger partial charge >= 0.3 is 5.97 Å². The quantitative estimate of drug-likeness (QED) is 0.777. The maximum absolute atomic E-state index is 10.8. The number of nitrogens with zero attached hydrogens (tertiary/aromatic N) is 1. The highest BCUT2D eigenvalue weighted by Gasteiger charge is 2.36. The van der Waals surface area contributed by atoms with E-state index in [0.717, 1.165) is 18.9 Å². The van der Waals surface area contributed by atoms with Crippen LogP contribution in [0.3, 0.4) is 0 Å². The molecule has 0 aromatic heterocycles. The van der Waals surface area contributed by atoms with Crippen molar-refractivity contribution in [3.8, 4) is 0 Å². The Morgan fingerprint density at radius 1 is 1.33 bits per heavy atom. The number of hydrogen-bond acceptors (Lipinski definition) is 2. The van der Waals surface area contributed by atoms with Gasteiger partial charge in [0, 0.05) is 12.1 Å². The van der Waals surface area contributed by atoms with Gasteiger partial charge in [-0.15, -0.1) is 0 Å². The van der Waals surface area contributed by atoms with Crippen LogP contribution < -0.4 is 0 Å². The van der Waals surface area contributed by atoms with Crippen LogP contribution in [-0.2, 0) is 4.79 Å². The van der Waals surface area contributed by atoms with Crippen molar-refractivity contribution in [2.45, 2.75) is 57.5 Å². The van der Waals surface area contributed by atoms with E-state index >= 15 is 0 Å². The molecule has 1 N–H and O–H groups in total. The van der Waals surface area contributed by atoms with Gasteiger partial charge in [-0.3, -0.25) is 9.69 Å². The summed E-state index contributed by atoms with van der Waals surface area (Å²) in [5.74, 6) is 0.122. The molecule has 1 aliphatic carbocycles. The number of carbonyl (C=O) groups is 1. The molecule has 3 nitrogen and oxygen atoms in total. The molecule has 2 fully saturated rings. The van der Waals surface area contributed by atoms with Gasteiger partial charge in [-0.05, 0) is 38.1 Å². The van der Waals surface area contributed by atoms with Gasteiger partial charge in [0.2, 0.25) is 0 Å². The first-order valence-corrected chi connectivity index (χ1v) is 6.16. The van der Waals surface area contributed by atoms with E-state index in [1.54, 1.807) is 0 Å². The number of aliphatic carboxylic acids is 1. The van der Waals surface area contributed by atoms with Crippen LogP contribution in [0.4, 0.5) is 0 Å². The van der Waals surface area contributed by atoms with E-state index in [4.69, 9.17) is 5.11 Å². The maximum Gasteiger partial charge on any atom is 0.304 e. The van der Waals surface area contributed by atoms with Crippen molar-refractivity contribution in [2.24, 2.45) is 5.92 Å². The summed E-state index contributed by atoms with van der Waals surface area (Å²) in [6.45, 7) is 3.43. The van der Waals surface area contributed by atoms with Crippen LogP contribution in [0.1, 0.15) is 45.4 Å². The molecule has 0 amide bonds. The topological polar surface area (TPSA) is 40.5 Å². The molecule has 1 saturated heterocycles. The number of carboxylic acid groups (broad SMARTS) is 1. The standard InChI is InChI=1S/C12H21NO2/c1-9-4-2-6-11(9)13-7-3-5-10(13)8-12(14)15/h9-11H,2-8H2,1H3,(H,14,15). The minimum absolute atomic E-state index is 0.313. The normalized spacial score (nSPS) is 37.3. The fourth-order valence-electron chi connectivity index (χ4n) is 3.33. The molecule has 0 aromatic carbocycles. The third-order valence-corrected chi connectivity index (χ3v) is 4.08. The zero-order valence-corrected chi connectivity index (χ0v) is 9.48. The molecule has 2 aliphatic rings. The summed E-state index contributed by atoms with van der Waals surface area (Å²) in [6, 6.07) is 0.977. The molecule has 86 valence electrons. The van der Waals surface area contributed by atoms with E-state index in [2.05, 4.69) is 11.8 Å². The average molecular weight is 211 g/mol. The first-order chi connectivity index (χ1) is 7.18. The van der Waals surface area contributed by atoms with Gasteiger partial charge in [-0.2, -0.15) is 0 Å². The molecule has 3 atom stereocenters. The van der Waals surface area contributed by atoms with Gasteiger partial charge in [0.1, 0.15) is 0 Å². The largest absolute Gasteiger partial charge is 0.481 e. The molecule has 2 rings (SSSR count). The van der Waals surface area contributed by atoms with Crippen LogP contribution in [0.5, 0.6) is 0 Å². The molecular weight excluding hydrogens is 190 g/mol. The summed E-state index contributed by atoms with van der Waals surface area (Å²) in [4.78, 5) is 13.2. The molecule has 0 spiro atoms. The highest BCUT2D eigenvalue weighted by molar-refractivity contribution is 5.67. The maximum atomic E-state index is 10.8. The fraction of sp³-hybridized carbons (Fsp3) is 0.917. The molecule has 1 aliphatic heterocycles. The second-order valence-corrected chi connectivity index (χ2v) is 5.11. The van der Waals surface area contributed by atoms with Crippen LogP contribution in [0.25, 0.3) is 0 Å². The van der Waals surface area contributed by atoms with Crippen molar-refractivity contribution >= 4 is 5.97 Å². The summed E-state index contributed by atoms with van der Waals surface area (Å²) in [7, 11) is 0. The molecule has 1 heterocycles. The van der Waals surface area contributed by atoms with Gasteiger partial charge in [0.05, 0.1) is 6.42 Å². The van der Waals surface area contributed by atoms with Gasteiger partial charge in [-0.25, -0.2) is 0 Å². The Bertz CT molecular complexity index is 242. The van der Waals surface area contributed by atoms with Gasteiger partial charge in [-0.1, -0.05) is 13.3 Å². The van der Waals surface area contributed by atoms with Crippen molar-refractivity contribution in [1.29, 1.82) is 0 Å². The average Bonchev–Trinajstić information content (AvgIpc) is 2.73. The van der Waals surface area contributed by atoms with Crippen molar-refractivity contribution < 1.29 is 9.90 Å². The lowest BCUT2D eigenvalue weighted by Gasteiger charge is -2.32. The van der Waals surface area contributed by atoms with Crippen molar-refractivity contribution in [3.05, 3.63) is 0 Å². The lowest BCUT2D eigenvalue weighted by molar-refractivity contribution is -0.138. The van der Waals surface area contributed by atoms with Crippen LogP contribution >= 0.6 is 0 Å². The number of hydrogen-bond donors (Lipinski definition) is 1. The second-order valence-electron chi connectivity index (χ2n) is 5.11. The summed E-state index contributed by atoms with van der Waals surface area (Å²) < 4.78 is 0. The van der Waals surface area contributed by atoms with E-state index in [-0.39, 0.29) is 0 Å². The summed E-state index contributed by atoms with van der Waals surface area (Å²) in [6.07, 6.45) is 6.51. The van der Waals surface area contributed by atoms with E-state index in [9.17, 15) is 4.79 Å². The van der Waals surface area contributed by atoms with Crippen LogP contribution in [0.15, 0.2) is 0 Å². The first kappa shape index (κ1) is 10.9. The van der Waals surface area contributed by atoms with Crippen molar-refractivity contribution in [3.63, 3.8) is 0 Å². The summed E-state index contributed by atoms with van der Waals surface area (Å²) in [5.41, 5.74) is 0. The van der Waals surface area contributed by atoms with Gasteiger partial charge in [0.15, 0.2) is 0 Å². The zero-order chi connectivity index (χ0) is 10.8. The van der Waals surface area contributed by atoms with E-state index in [1.165, 1.54) is 25.7 Å². The minimum atomic E-state index is -0.641. The zero-order valence-electron chi connectivity index (χ0n) is 9.48. The molecule has 3 unspecified atom stereocenters. The van der Waals surface area contributed by atoms with Gasteiger partial charge in [0.25, 0.3) is 0 Å². The number of likely N-dealkylation sites (tertiary alicyclic amines) is 1. The smallest absolute Gasteiger partial charge is 0.304 e. The highest BCUT2D eigenvalue weighted by Crippen LogP contribution is 2.34. The molecule has 0 bridgehead atoms.